The molecule has 0 unspecified atom stereocenters. The Labute approximate surface area is 168 Å². The summed E-state index contributed by atoms with van der Waals surface area (Å²) in [6, 6.07) is 13.3. The number of thioether (sulfide) groups is 1. The van der Waals surface area contributed by atoms with E-state index >= 15 is 0 Å². The van der Waals surface area contributed by atoms with Crippen LogP contribution in [0, 0.1) is 0 Å². The number of carbonyl (C=O) groups is 1. The molecule has 4 rings (SSSR count). The molecule has 0 saturated heterocycles. The Morgan fingerprint density at radius 1 is 1.21 bits per heavy atom. The number of carbonyl (C=O) groups excluding carboxylic acids is 1. The molecule has 2 aromatic carbocycles. The lowest BCUT2D eigenvalue weighted by molar-refractivity contribution is 0.0472. The van der Waals surface area contributed by atoms with Gasteiger partial charge in [0, 0.05) is 11.4 Å². The summed E-state index contributed by atoms with van der Waals surface area (Å²) in [4.78, 5) is 15.1. The van der Waals surface area contributed by atoms with E-state index in [-0.39, 0.29) is 12.4 Å². The Morgan fingerprint density at radius 3 is 2.68 bits per heavy atom. The fourth-order valence-electron chi connectivity index (χ4n) is 3.09. The SMILES string of the molecule is CC(C)c1ccc(COC(=O)c2ccc3c(c2)SC2=NS(=O)(=O)CCN23)cc1. The van der Waals surface area contributed by atoms with Crippen molar-refractivity contribution in [1.82, 2.24) is 0 Å². The smallest absolute Gasteiger partial charge is 0.338 e. The number of ether oxygens (including phenoxy) is 1. The number of hydrogen-bond donors (Lipinski definition) is 0. The average molecular weight is 417 g/mol. The molecular formula is C20H20N2O4S2. The summed E-state index contributed by atoms with van der Waals surface area (Å²) in [6.07, 6.45) is 0. The van der Waals surface area contributed by atoms with E-state index in [1.807, 2.05) is 35.2 Å². The van der Waals surface area contributed by atoms with Crippen molar-refractivity contribution in [3.05, 3.63) is 59.2 Å². The zero-order valence-corrected chi connectivity index (χ0v) is 17.2. The van der Waals surface area contributed by atoms with Crippen LogP contribution in [0.25, 0.3) is 0 Å². The van der Waals surface area contributed by atoms with Crippen LogP contribution in [-0.2, 0) is 21.4 Å². The first-order valence-corrected chi connectivity index (χ1v) is 11.4. The van der Waals surface area contributed by atoms with E-state index in [0.29, 0.717) is 23.2 Å². The molecule has 0 radical (unpaired) electrons. The summed E-state index contributed by atoms with van der Waals surface area (Å²) in [6.45, 7) is 4.85. The molecule has 0 spiro atoms. The number of rotatable bonds is 4. The predicted molar refractivity (Wildman–Crippen MR) is 111 cm³/mol. The largest absolute Gasteiger partial charge is 0.457 e. The van der Waals surface area contributed by atoms with Crippen molar-refractivity contribution in [1.29, 1.82) is 0 Å². The first kappa shape index (κ1) is 19.0. The molecule has 2 heterocycles. The van der Waals surface area contributed by atoms with Gasteiger partial charge in [0.15, 0.2) is 5.17 Å². The van der Waals surface area contributed by atoms with Crippen LogP contribution < -0.4 is 4.90 Å². The Kier molecular flexibility index (Phi) is 4.93. The monoisotopic (exact) mass is 416 g/mol. The number of hydrogen-bond acceptors (Lipinski definition) is 6. The molecule has 0 saturated carbocycles. The second kappa shape index (κ2) is 7.25. The number of sulfonamides is 1. The van der Waals surface area contributed by atoms with Gasteiger partial charge in [-0.15, -0.1) is 4.40 Å². The van der Waals surface area contributed by atoms with Gasteiger partial charge >= 0.3 is 5.97 Å². The summed E-state index contributed by atoms with van der Waals surface area (Å²) in [5.74, 6) is 0.0471. The van der Waals surface area contributed by atoms with Crippen molar-refractivity contribution in [3.63, 3.8) is 0 Å². The lowest BCUT2D eigenvalue weighted by Crippen LogP contribution is -2.35. The van der Waals surface area contributed by atoms with Crippen molar-refractivity contribution in [2.45, 2.75) is 31.3 Å². The number of nitrogens with zero attached hydrogens (tertiary/aromatic N) is 2. The second-order valence-electron chi connectivity index (χ2n) is 7.07. The minimum Gasteiger partial charge on any atom is -0.457 e. The van der Waals surface area contributed by atoms with E-state index in [4.69, 9.17) is 4.74 Å². The van der Waals surface area contributed by atoms with E-state index < -0.39 is 16.0 Å². The Bertz CT molecular complexity index is 1060. The normalized spacial score (nSPS) is 17.1. The Morgan fingerprint density at radius 2 is 1.96 bits per heavy atom. The number of benzene rings is 2. The minimum atomic E-state index is -3.40. The van der Waals surface area contributed by atoms with Crippen LogP contribution in [0.15, 0.2) is 51.8 Å². The predicted octanol–water partition coefficient (Wildman–Crippen LogP) is 3.78. The van der Waals surface area contributed by atoms with Crippen molar-refractivity contribution in [2.75, 3.05) is 17.2 Å². The highest BCUT2D eigenvalue weighted by atomic mass is 32.2. The highest BCUT2D eigenvalue weighted by molar-refractivity contribution is 8.15. The quantitative estimate of drug-likeness (QED) is 0.706. The van der Waals surface area contributed by atoms with Gasteiger partial charge in [0.2, 0.25) is 0 Å². The summed E-state index contributed by atoms with van der Waals surface area (Å²) in [7, 11) is -3.40. The van der Waals surface area contributed by atoms with E-state index in [1.54, 1.807) is 12.1 Å². The lowest BCUT2D eigenvalue weighted by atomic mass is 10.0. The third-order valence-electron chi connectivity index (χ3n) is 4.72. The summed E-state index contributed by atoms with van der Waals surface area (Å²) in [5.41, 5.74) is 3.49. The zero-order valence-electron chi connectivity index (χ0n) is 15.6. The molecule has 0 amide bonds. The van der Waals surface area contributed by atoms with Crippen molar-refractivity contribution in [3.8, 4) is 0 Å². The van der Waals surface area contributed by atoms with Gasteiger partial charge in [-0.05, 0) is 47.0 Å². The third-order valence-corrected chi connectivity index (χ3v) is 7.03. The molecule has 2 aliphatic heterocycles. The van der Waals surface area contributed by atoms with Crippen LogP contribution in [0.4, 0.5) is 5.69 Å². The zero-order chi connectivity index (χ0) is 19.9. The van der Waals surface area contributed by atoms with Crippen LogP contribution >= 0.6 is 11.8 Å². The molecule has 6 nitrogen and oxygen atoms in total. The topological polar surface area (TPSA) is 76.0 Å². The maximum atomic E-state index is 12.4. The molecule has 0 aliphatic carbocycles. The molecule has 8 heteroatoms. The summed E-state index contributed by atoms with van der Waals surface area (Å²) < 4.78 is 32.7. The molecule has 2 aromatic rings. The van der Waals surface area contributed by atoms with Gasteiger partial charge in [-0.3, -0.25) is 0 Å². The van der Waals surface area contributed by atoms with Gasteiger partial charge in [-0.2, -0.15) is 0 Å². The molecule has 0 atom stereocenters. The van der Waals surface area contributed by atoms with Gasteiger partial charge in [-0.25, -0.2) is 13.2 Å². The number of anilines is 1. The van der Waals surface area contributed by atoms with Gasteiger partial charge in [0.25, 0.3) is 10.0 Å². The van der Waals surface area contributed by atoms with Gasteiger partial charge in [0.1, 0.15) is 6.61 Å². The maximum Gasteiger partial charge on any atom is 0.338 e. The van der Waals surface area contributed by atoms with E-state index in [9.17, 15) is 13.2 Å². The highest BCUT2D eigenvalue weighted by Crippen LogP contribution is 2.42. The van der Waals surface area contributed by atoms with Crippen molar-refractivity contribution < 1.29 is 17.9 Å². The molecule has 0 fully saturated rings. The fourth-order valence-corrected chi connectivity index (χ4v) is 5.38. The highest BCUT2D eigenvalue weighted by Gasteiger charge is 2.33. The van der Waals surface area contributed by atoms with Crippen LogP contribution in [0.2, 0.25) is 0 Å². The Balaban J connectivity index is 1.46. The summed E-state index contributed by atoms with van der Waals surface area (Å²) >= 11 is 1.26. The van der Waals surface area contributed by atoms with Crippen LogP contribution in [-0.4, -0.2) is 31.9 Å². The maximum absolute atomic E-state index is 12.4. The van der Waals surface area contributed by atoms with Crippen LogP contribution in [0.1, 0.15) is 41.3 Å². The molecule has 146 valence electrons. The van der Waals surface area contributed by atoms with Crippen molar-refractivity contribution >= 4 is 38.6 Å². The van der Waals surface area contributed by atoms with E-state index in [0.717, 1.165) is 16.1 Å². The molecular weight excluding hydrogens is 396 g/mol. The first-order chi connectivity index (χ1) is 13.3. The van der Waals surface area contributed by atoms with Gasteiger partial charge in [-0.1, -0.05) is 38.1 Å². The first-order valence-electron chi connectivity index (χ1n) is 9.00. The minimum absolute atomic E-state index is 0.00408. The van der Waals surface area contributed by atoms with Crippen LogP contribution in [0.3, 0.4) is 0 Å². The lowest BCUT2D eigenvalue weighted by Gasteiger charge is -2.22. The van der Waals surface area contributed by atoms with Gasteiger partial charge in [0.05, 0.1) is 17.0 Å². The summed E-state index contributed by atoms with van der Waals surface area (Å²) in [5, 5.41) is 0.442. The second-order valence-corrected chi connectivity index (χ2v) is 9.83. The standard InChI is InChI=1S/C20H20N2O4S2/c1-13(2)15-5-3-14(4-6-15)12-26-19(23)16-7-8-17-18(11-16)27-20-21-28(24,25)10-9-22(17)20/h3-8,11,13H,9-10,12H2,1-2H3. The van der Waals surface area contributed by atoms with Gasteiger partial charge < -0.3 is 9.64 Å². The third kappa shape index (κ3) is 3.79. The number of fused-ring (bicyclic) bond motifs is 3. The van der Waals surface area contributed by atoms with E-state index in [2.05, 4.69) is 18.2 Å². The van der Waals surface area contributed by atoms with E-state index in [1.165, 1.54) is 17.3 Å². The molecule has 0 aromatic heterocycles. The molecule has 0 bridgehead atoms. The molecule has 28 heavy (non-hydrogen) atoms. The number of esters is 1. The molecule has 0 N–H and O–H groups in total. The fraction of sp³-hybridized carbons (Fsp3) is 0.300. The number of amidine groups is 1. The van der Waals surface area contributed by atoms with Crippen molar-refractivity contribution in [2.24, 2.45) is 4.40 Å². The Hall–Kier alpha value is -2.32. The average Bonchev–Trinajstić information content (AvgIpc) is 3.01. The van der Waals surface area contributed by atoms with Crippen LogP contribution in [0.5, 0.6) is 0 Å². The molecule has 2 aliphatic rings.